The van der Waals surface area contributed by atoms with E-state index in [1.54, 1.807) is 0 Å². The first-order valence-electron chi connectivity index (χ1n) is 7.56. The van der Waals surface area contributed by atoms with Crippen LogP contribution < -0.4 is 0 Å². The van der Waals surface area contributed by atoms with Crippen molar-refractivity contribution in [2.75, 3.05) is 13.2 Å². The molecule has 1 unspecified atom stereocenters. The van der Waals surface area contributed by atoms with E-state index in [1.165, 1.54) is 0 Å². The van der Waals surface area contributed by atoms with Gasteiger partial charge < -0.3 is 19.7 Å². The fourth-order valence-corrected chi connectivity index (χ4v) is 5.35. The molecule has 19 heavy (non-hydrogen) atoms. The number of rotatable bonds is 1. The van der Waals surface area contributed by atoms with Gasteiger partial charge in [-0.3, -0.25) is 0 Å². The van der Waals surface area contributed by atoms with E-state index >= 15 is 0 Å². The topological polar surface area (TPSA) is 62.2 Å². The maximum Gasteiger partial charge on any atom is 0.126 e. The van der Waals surface area contributed by atoms with Crippen LogP contribution in [0.4, 0.5) is 0 Å². The van der Waals surface area contributed by atoms with Crippen molar-refractivity contribution in [1.82, 2.24) is 0 Å². The second-order valence-corrected chi connectivity index (χ2v) is 7.49. The molecule has 2 aliphatic heterocycles. The Bertz CT molecular complexity index is 407. The van der Waals surface area contributed by atoms with Gasteiger partial charge in [0, 0.05) is 23.9 Å². The van der Waals surface area contributed by atoms with E-state index in [0.29, 0.717) is 12.3 Å². The van der Waals surface area contributed by atoms with E-state index in [9.17, 15) is 10.2 Å². The summed E-state index contributed by atoms with van der Waals surface area (Å²) in [6.07, 6.45) is 3.52. The highest BCUT2D eigenvalue weighted by Gasteiger charge is 2.80. The molecule has 4 fully saturated rings. The summed E-state index contributed by atoms with van der Waals surface area (Å²) in [5.41, 5.74) is -0.473. The molecule has 4 heteroatoms. The lowest BCUT2D eigenvalue weighted by molar-refractivity contribution is -0.234. The van der Waals surface area contributed by atoms with Crippen molar-refractivity contribution in [3.05, 3.63) is 0 Å². The highest BCUT2D eigenvalue weighted by atomic mass is 16.6. The molecule has 4 aliphatic rings. The molecule has 2 bridgehead atoms. The molecule has 2 N–H and O–H groups in total. The number of aliphatic hydroxyl groups is 2. The number of ether oxygens (including phenoxy) is 2. The number of hydrogen-bond donors (Lipinski definition) is 2. The molecule has 0 amide bonds. The van der Waals surface area contributed by atoms with Crippen molar-refractivity contribution in [3.8, 4) is 0 Å². The summed E-state index contributed by atoms with van der Waals surface area (Å²) in [5.74, 6) is 0.354. The summed E-state index contributed by atoms with van der Waals surface area (Å²) in [5, 5.41) is 20.1. The first-order chi connectivity index (χ1) is 8.98. The molecule has 4 nitrogen and oxygen atoms in total. The van der Waals surface area contributed by atoms with E-state index < -0.39 is 0 Å². The van der Waals surface area contributed by atoms with Crippen LogP contribution in [0.2, 0.25) is 0 Å². The Balaban J connectivity index is 1.76. The molecule has 4 rings (SSSR count). The SMILES string of the molecule is C[C@@]12[C@H](O)C[C@@H](O[C@@H]3CC(CO)CC[C@@]31C)[C@@]21CO1. The highest BCUT2D eigenvalue weighted by molar-refractivity contribution is 5.28. The average molecular weight is 268 g/mol. The predicted octanol–water partition coefficient (Wildman–Crippen LogP) is 1.09. The van der Waals surface area contributed by atoms with Gasteiger partial charge in [-0.05, 0) is 25.2 Å². The van der Waals surface area contributed by atoms with Gasteiger partial charge in [0.1, 0.15) is 5.60 Å². The van der Waals surface area contributed by atoms with E-state index in [1.807, 2.05) is 0 Å². The van der Waals surface area contributed by atoms with Gasteiger partial charge in [0.25, 0.3) is 0 Å². The quantitative estimate of drug-likeness (QED) is 0.699. The fraction of sp³-hybridized carbons (Fsp3) is 1.00. The Morgan fingerprint density at radius 3 is 2.58 bits per heavy atom. The van der Waals surface area contributed by atoms with Crippen molar-refractivity contribution in [3.63, 3.8) is 0 Å². The van der Waals surface area contributed by atoms with Crippen molar-refractivity contribution in [2.45, 2.75) is 63.4 Å². The smallest absolute Gasteiger partial charge is 0.126 e. The van der Waals surface area contributed by atoms with Gasteiger partial charge in [0.15, 0.2) is 0 Å². The molecule has 7 atom stereocenters. The molecule has 2 saturated carbocycles. The predicted molar refractivity (Wildman–Crippen MR) is 68.6 cm³/mol. The number of epoxide rings is 1. The van der Waals surface area contributed by atoms with E-state index in [4.69, 9.17) is 9.47 Å². The lowest BCUT2D eigenvalue weighted by Gasteiger charge is -2.59. The number of fused-ring (bicyclic) bond motifs is 2. The molecule has 2 aliphatic carbocycles. The van der Waals surface area contributed by atoms with Gasteiger partial charge in [-0.15, -0.1) is 0 Å². The molecule has 0 aromatic rings. The van der Waals surface area contributed by atoms with Gasteiger partial charge in [0.05, 0.1) is 24.9 Å². The van der Waals surface area contributed by atoms with Crippen LogP contribution in [-0.2, 0) is 9.47 Å². The van der Waals surface area contributed by atoms with Gasteiger partial charge in [-0.2, -0.15) is 0 Å². The summed E-state index contributed by atoms with van der Waals surface area (Å²) in [7, 11) is 0. The van der Waals surface area contributed by atoms with Crippen molar-refractivity contribution < 1.29 is 19.7 Å². The number of aliphatic hydroxyl groups excluding tert-OH is 2. The van der Waals surface area contributed by atoms with Crippen LogP contribution in [0, 0.1) is 16.7 Å². The third-order valence-electron chi connectivity index (χ3n) is 7.06. The Kier molecular flexibility index (Phi) is 2.34. The normalized spacial score (nSPS) is 63.2. The molecular weight excluding hydrogens is 244 g/mol. The minimum absolute atomic E-state index is 0.0401. The molecule has 0 aromatic heterocycles. The molecule has 108 valence electrons. The first kappa shape index (κ1) is 12.6. The summed E-state index contributed by atoms with van der Waals surface area (Å²) in [6.45, 7) is 5.46. The van der Waals surface area contributed by atoms with Crippen LogP contribution in [0.1, 0.15) is 39.5 Å². The average Bonchev–Trinajstić information content (AvgIpc) is 3.16. The Morgan fingerprint density at radius 1 is 1.21 bits per heavy atom. The second-order valence-electron chi connectivity index (χ2n) is 7.49. The zero-order valence-electron chi connectivity index (χ0n) is 11.8. The lowest BCUT2D eigenvalue weighted by atomic mass is 9.50. The van der Waals surface area contributed by atoms with E-state index in [-0.39, 0.29) is 41.3 Å². The number of hydrogen-bond acceptors (Lipinski definition) is 4. The van der Waals surface area contributed by atoms with Gasteiger partial charge in [-0.25, -0.2) is 0 Å². The molecule has 2 heterocycles. The van der Waals surface area contributed by atoms with Gasteiger partial charge in [-0.1, -0.05) is 13.8 Å². The van der Waals surface area contributed by atoms with Crippen LogP contribution in [0.5, 0.6) is 0 Å². The van der Waals surface area contributed by atoms with Crippen LogP contribution in [-0.4, -0.2) is 47.3 Å². The molecular formula is C15H24O4. The lowest BCUT2D eigenvalue weighted by Crippen LogP contribution is -2.64. The van der Waals surface area contributed by atoms with E-state index in [0.717, 1.165) is 25.9 Å². The van der Waals surface area contributed by atoms with Gasteiger partial charge in [0.2, 0.25) is 0 Å². The fourth-order valence-electron chi connectivity index (χ4n) is 5.35. The molecule has 0 radical (unpaired) electrons. The molecule has 1 spiro atoms. The summed E-state index contributed by atoms with van der Waals surface area (Å²) >= 11 is 0. The maximum absolute atomic E-state index is 10.7. The largest absolute Gasteiger partial charge is 0.396 e. The Labute approximate surface area is 114 Å². The Morgan fingerprint density at radius 2 is 1.95 bits per heavy atom. The molecule has 2 saturated heterocycles. The minimum Gasteiger partial charge on any atom is -0.396 e. The zero-order valence-corrected chi connectivity index (χ0v) is 11.8. The minimum atomic E-state index is -0.333. The van der Waals surface area contributed by atoms with Crippen molar-refractivity contribution >= 4 is 0 Å². The monoisotopic (exact) mass is 268 g/mol. The third kappa shape index (κ3) is 1.21. The Hall–Kier alpha value is -0.160. The van der Waals surface area contributed by atoms with Crippen LogP contribution >= 0.6 is 0 Å². The molecule has 0 aromatic carbocycles. The summed E-state index contributed by atoms with van der Waals surface area (Å²) < 4.78 is 12.2. The van der Waals surface area contributed by atoms with Crippen LogP contribution in [0.15, 0.2) is 0 Å². The third-order valence-corrected chi connectivity index (χ3v) is 7.06. The van der Waals surface area contributed by atoms with Crippen molar-refractivity contribution in [1.29, 1.82) is 0 Å². The van der Waals surface area contributed by atoms with Crippen molar-refractivity contribution in [2.24, 2.45) is 16.7 Å². The van der Waals surface area contributed by atoms with Crippen LogP contribution in [0.25, 0.3) is 0 Å². The summed E-state index contributed by atoms with van der Waals surface area (Å²) in [4.78, 5) is 0. The maximum atomic E-state index is 10.7. The first-order valence-corrected chi connectivity index (χ1v) is 7.56. The second kappa shape index (κ2) is 3.53. The van der Waals surface area contributed by atoms with Crippen LogP contribution in [0.3, 0.4) is 0 Å². The van der Waals surface area contributed by atoms with E-state index in [2.05, 4.69) is 13.8 Å². The summed E-state index contributed by atoms with van der Waals surface area (Å²) in [6, 6.07) is 0. The standard InChI is InChI=1S/C15H24O4/c1-13-4-3-9(7-16)5-11(13)19-12-6-10(17)14(13,2)15(12)8-18-15/h9-12,16-17H,3-8H2,1-2H3/t9?,10-,11-,12-,13+,14-,15+/m1/s1. The highest BCUT2D eigenvalue weighted by Crippen LogP contribution is 2.71. The van der Waals surface area contributed by atoms with Gasteiger partial charge >= 0.3 is 0 Å². The zero-order chi connectivity index (χ0) is 13.5.